The number of nitrogens with zero attached hydrogens (tertiary/aromatic N) is 2. The van der Waals surface area contributed by atoms with Gasteiger partial charge in [-0.25, -0.2) is 4.98 Å². The van der Waals surface area contributed by atoms with Crippen molar-refractivity contribution in [1.29, 1.82) is 0 Å². The van der Waals surface area contributed by atoms with Gasteiger partial charge in [-0.2, -0.15) is 4.98 Å². The average Bonchev–Trinajstić information content (AvgIpc) is 2.66. The molecule has 0 amide bonds. The van der Waals surface area contributed by atoms with Crippen molar-refractivity contribution in [2.45, 2.75) is 32.9 Å². The summed E-state index contributed by atoms with van der Waals surface area (Å²) in [6.07, 6.45) is 0. The molecule has 0 radical (unpaired) electrons. The van der Waals surface area contributed by atoms with Crippen LogP contribution in [0.3, 0.4) is 0 Å². The molecule has 0 spiro atoms. The standard InChI is InChI=1S/C22H26N4O/c1-22(2,3)26-20-14-18(16-10-6-5-7-11-16)24-21(25-20)23-15-17-12-8-9-13-19(17)27-4/h5-14H,15H2,1-4H3,(H2,23,24,25,26). The van der Waals surface area contributed by atoms with E-state index in [9.17, 15) is 0 Å². The van der Waals surface area contributed by atoms with Crippen LogP contribution in [0.25, 0.3) is 11.3 Å². The van der Waals surface area contributed by atoms with Crippen molar-refractivity contribution in [3.8, 4) is 17.0 Å². The van der Waals surface area contributed by atoms with Crippen LogP contribution in [0, 0.1) is 0 Å². The summed E-state index contributed by atoms with van der Waals surface area (Å²) in [7, 11) is 1.68. The molecule has 0 unspecified atom stereocenters. The minimum absolute atomic E-state index is 0.0950. The van der Waals surface area contributed by atoms with Crippen LogP contribution in [0.15, 0.2) is 60.7 Å². The molecule has 5 heteroatoms. The summed E-state index contributed by atoms with van der Waals surface area (Å²) < 4.78 is 5.42. The van der Waals surface area contributed by atoms with Gasteiger partial charge in [0.25, 0.3) is 0 Å². The number of ether oxygens (including phenoxy) is 1. The lowest BCUT2D eigenvalue weighted by Gasteiger charge is -2.22. The Kier molecular flexibility index (Phi) is 5.60. The first-order chi connectivity index (χ1) is 12.9. The highest BCUT2D eigenvalue weighted by molar-refractivity contribution is 5.64. The molecule has 140 valence electrons. The third kappa shape index (κ3) is 5.20. The van der Waals surface area contributed by atoms with Crippen LogP contribution in [0.2, 0.25) is 0 Å². The van der Waals surface area contributed by atoms with E-state index in [2.05, 4.69) is 36.4 Å². The maximum Gasteiger partial charge on any atom is 0.225 e. The molecule has 0 atom stereocenters. The van der Waals surface area contributed by atoms with Gasteiger partial charge >= 0.3 is 0 Å². The Morgan fingerprint density at radius 1 is 0.926 bits per heavy atom. The first kappa shape index (κ1) is 18.7. The van der Waals surface area contributed by atoms with Crippen LogP contribution in [0.5, 0.6) is 5.75 Å². The van der Waals surface area contributed by atoms with E-state index in [-0.39, 0.29) is 5.54 Å². The van der Waals surface area contributed by atoms with E-state index >= 15 is 0 Å². The molecular formula is C22H26N4O. The summed E-state index contributed by atoms with van der Waals surface area (Å²) in [5.41, 5.74) is 2.89. The fourth-order valence-corrected chi connectivity index (χ4v) is 2.75. The second kappa shape index (κ2) is 8.08. The van der Waals surface area contributed by atoms with Gasteiger partial charge in [0, 0.05) is 29.3 Å². The van der Waals surface area contributed by atoms with Crippen molar-refractivity contribution in [3.63, 3.8) is 0 Å². The number of hydrogen-bond donors (Lipinski definition) is 2. The molecule has 0 saturated carbocycles. The molecule has 3 rings (SSSR count). The maximum atomic E-state index is 5.42. The number of anilines is 2. The molecule has 0 fully saturated rings. The second-order valence-electron chi connectivity index (χ2n) is 7.37. The van der Waals surface area contributed by atoms with Gasteiger partial charge in [-0.3, -0.25) is 0 Å². The minimum Gasteiger partial charge on any atom is -0.496 e. The molecule has 1 heterocycles. The Labute approximate surface area is 160 Å². The molecule has 2 N–H and O–H groups in total. The van der Waals surface area contributed by atoms with Crippen LogP contribution in [0.1, 0.15) is 26.3 Å². The third-order valence-electron chi connectivity index (χ3n) is 3.93. The van der Waals surface area contributed by atoms with Crippen LogP contribution >= 0.6 is 0 Å². The zero-order chi connectivity index (χ0) is 19.3. The normalized spacial score (nSPS) is 11.1. The van der Waals surface area contributed by atoms with Gasteiger partial charge in [-0.15, -0.1) is 0 Å². The smallest absolute Gasteiger partial charge is 0.225 e. The Morgan fingerprint density at radius 3 is 2.33 bits per heavy atom. The summed E-state index contributed by atoms with van der Waals surface area (Å²) in [6.45, 7) is 6.91. The van der Waals surface area contributed by atoms with E-state index in [1.54, 1.807) is 7.11 Å². The van der Waals surface area contributed by atoms with E-state index in [1.165, 1.54) is 0 Å². The van der Waals surface area contributed by atoms with E-state index in [0.29, 0.717) is 12.5 Å². The summed E-state index contributed by atoms with van der Waals surface area (Å²) in [4.78, 5) is 9.34. The topological polar surface area (TPSA) is 59.1 Å². The predicted octanol–water partition coefficient (Wildman–Crippen LogP) is 4.97. The SMILES string of the molecule is COc1ccccc1CNc1nc(NC(C)(C)C)cc(-c2ccccc2)n1. The predicted molar refractivity (Wildman–Crippen MR) is 111 cm³/mol. The number of para-hydroxylation sites is 1. The average molecular weight is 362 g/mol. The minimum atomic E-state index is -0.0950. The van der Waals surface area contributed by atoms with Crippen molar-refractivity contribution >= 4 is 11.8 Å². The Bertz CT molecular complexity index is 888. The summed E-state index contributed by atoms with van der Waals surface area (Å²) >= 11 is 0. The quantitative estimate of drug-likeness (QED) is 0.648. The van der Waals surface area contributed by atoms with Gasteiger partial charge in [0.05, 0.1) is 12.8 Å². The molecule has 3 aromatic rings. The summed E-state index contributed by atoms with van der Waals surface area (Å²) in [5.74, 6) is 2.21. The molecule has 5 nitrogen and oxygen atoms in total. The second-order valence-corrected chi connectivity index (χ2v) is 7.37. The molecule has 27 heavy (non-hydrogen) atoms. The first-order valence-electron chi connectivity index (χ1n) is 9.03. The third-order valence-corrected chi connectivity index (χ3v) is 3.93. The van der Waals surface area contributed by atoms with Crippen LogP contribution in [0.4, 0.5) is 11.8 Å². The van der Waals surface area contributed by atoms with Gasteiger partial charge in [-0.05, 0) is 26.8 Å². The lowest BCUT2D eigenvalue weighted by atomic mass is 10.1. The largest absolute Gasteiger partial charge is 0.496 e. The molecular weight excluding hydrogens is 336 g/mol. The van der Waals surface area contributed by atoms with Gasteiger partial charge in [0.2, 0.25) is 5.95 Å². The number of benzene rings is 2. The zero-order valence-corrected chi connectivity index (χ0v) is 16.3. The van der Waals surface area contributed by atoms with Gasteiger partial charge in [0.1, 0.15) is 11.6 Å². The van der Waals surface area contributed by atoms with Crippen molar-refractivity contribution in [1.82, 2.24) is 9.97 Å². The molecule has 0 aliphatic rings. The van der Waals surface area contributed by atoms with Crippen LogP contribution < -0.4 is 15.4 Å². The first-order valence-corrected chi connectivity index (χ1v) is 9.03. The molecule has 0 aliphatic heterocycles. The molecule has 1 aromatic heterocycles. The van der Waals surface area contributed by atoms with Crippen molar-refractivity contribution in [2.75, 3.05) is 17.7 Å². The zero-order valence-electron chi connectivity index (χ0n) is 16.3. The number of rotatable bonds is 6. The lowest BCUT2D eigenvalue weighted by Crippen LogP contribution is -2.27. The number of nitrogens with one attached hydrogen (secondary N) is 2. The summed E-state index contributed by atoms with van der Waals surface area (Å²) in [5, 5.41) is 6.77. The fourth-order valence-electron chi connectivity index (χ4n) is 2.75. The van der Waals surface area contributed by atoms with Crippen molar-refractivity contribution in [2.24, 2.45) is 0 Å². The Balaban J connectivity index is 1.90. The Hall–Kier alpha value is -3.08. The van der Waals surface area contributed by atoms with Crippen LogP contribution in [-0.4, -0.2) is 22.6 Å². The lowest BCUT2D eigenvalue weighted by molar-refractivity contribution is 0.410. The monoisotopic (exact) mass is 362 g/mol. The highest BCUT2D eigenvalue weighted by Crippen LogP contribution is 2.24. The van der Waals surface area contributed by atoms with Gasteiger partial charge < -0.3 is 15.4 Å². The van der Waals surface area contributed by atoms with Gasteiger partial charge in [-0.1, -0.05) is 48.5 Å². The molecule has 0 bridgehead atoms. The van der Waals surface area contributed by atoms with Crippen molar-refractivity contribution in [3.05, 3.63) is 66.2 Å². The molecule has 0 aliphatic carbocycles. The summed E-state index contributed by atoms with van der Waals surface area (Å²) in [6, 6.07) is 20.0. The highest BCUT2D eigenvalue weighted by Gasteiger charge is 2.13. The van der Waals surface area contributed by atoms with E-state index in [0.717, 1.165) is 28.4 Å². The van der Waals surface area contributed by atoms with E-state index in [1.807, 2.05) is 60.7 Å². The molecule has 0 saturated heterocycles. The molecule has 2 aromatic carbocycles. The van der Waals surface area contributed by atoms with Gasteiger partial charge in [0.15, 0.2) is 0 Å². The fraction of sp³-hybridized carbons (Fsp3) is 0.273. The number of aromatic nitrogens is 2. The van der Waals surface area contributed by atoms with E-state index < -0.39 is 0 Å². The van der Waals surface area contributed by atoms with E-state index in [4.69, 9.17) is 9.72 Å². The highest BCUT2D eigenvalue weighted by atomic mass is 16.5. The maximum absolute atomic E-state index is 5.42. The number of hydrogen-bond acceptors (Lipinski definition) is 5. The Morgan fingerprint density at radius 2 is 1.63 bits per heavy atom. The number of methoxy groups -OCH3 is 1. The van der Waals surface area contributed by atoms with Crippen LogP contribution in [-0.2, 0) is 6.54 Å². The van der Waals surface area contributed by atoms with Crippen molar-refractivity contribution < 1.29 is 4.74 Å².